The average molecular weight is 219 g/mol. The van der Waals surface area contributed by atoms with Crippen LogP contribution in [0.2, 0.25) is 5.35 Å². The zero-order valence-corrected chi connectivity index (χ0v) is 9.32. The van der Waals surface area contributed by atoms with E-state index in [1.807, 2.05) is 0 Å². The monoisotopic (exact) mass is 218 g/mol. The lowest BCUT2D eigenvalue weighted by atomic mass is 10.3. The molecule has 0 N–H and O–H groups in total. The number of halogens is 1. The van der Waals surface area contributed by atoms with Crippen molar-refractivity contribution >= 4 is 29.8 Å². The summed E-state index contributed by atoms with van der Waals surface area (Å²) < 4.78 is 9.23. The van der Waals surface area contributed by atoms with Crippen LogP contribution in [0.5, 0.6) is 0 Å². The lowest BCUT2D eigenvalue weighted by molar-refractivity contribution is 0.554. The van der Waals surface area contributed by atoms with Crippen LogP contribution in [-0.4, -0.2) is 15.9 Å². The minimum atomic E-state index is 0.111. The van der Waals surface area contributed by atoms with E-state index in [-0.39, 0.29) is 10.1 Å². The first kappa shape index (κ1) is 10.6. The molecule has 0 aliphatic carbocycles. The molecule has 72 valence electrons. The Morgan fingerprint density at radius 2 is 2.31 bits per heavy atom. The zero-order chi connectivity index (χ0) is 9.90. The lowest BCUT2D eigenvalue weighted by Gasteiger charge is -2.11. The van der Waals surface area contributed by atoms with Crippen molar-refractivity contribution in [1.82, 2.24) is 4.98 Å². The van der Waals surface area contributed by atoms with Crippen molar-refractivity contribution in [2.45, 2.75) is 25.5 Å². The van der Waals surface area contributed by atoms with E-state index in [1.54, 1.807) is 6.21 Å². The van der Waals surface area contributed by atoms with Crippen molar-refractivity contribution in [3.63, 3.8) is 0 Å². The van der Waals surface area contributed by atoms with E-state index in [0.29, 0.717) is 5.76 Å². The van der Waals surface area contributed by atoms with Crippen LogP contribution in [0.15, 0.2) is 15.0 Å². The van der Waals surface area contributed by atoms with Crippen LogP contribution in [-0.2, 0) is 0 Å². The van der Waals surface area contributed by atoms with E-state index in [0.717, 1.165) is 0 Å². The summed E-state index contributed by atoms with van der Waals surface area (Å²) >= 11 is 6.96. The zero-order valence-electron chi connectivity index (χ0n) is 7.74. The smallest absolute Gasteiger partial charge is 0.292 e. The van der Waals surface area contributed by atoms with Gasteiger partial charge in [-0.2, -0.15) is 0 Å². The molecule has 0 fully saturated rings. The Hall–Kier alpha value is -0.480. The van der Waals surface area contributed by atoms with Gasteiger partial charge in [0.25, 0.3) is 5.35 Å². The summed E-state index contributed by atoms with van der Waals surface area (Å²) in [5, 5.41) is 0.141. The van der Waals surface area contributed by atoms with Gasteiger partial charge in [-0.3, -0.25) is 0 Å². The summed E-state index contributed by atoms with van der Waals surface area (Å²) in [5.41, 5.74) is 0. The molecule has 3 nitrogen and oxygen atoms in total. The maximum absolute atomic E-state index is 5.48. The Labute approximate surface area is 86.7 Å². The van der Waals surface area contributed by atoms with Crippen molar-refractivity contribution in [2.75, 3.05) is 0 Å². The normalized spacial score (nSPS) is 12.6. The third-order valence-electron chi connectivity index (χ3n) is 1.00. The van der Waals surface area contributed by atoms with Gasteiger partial charge in [-0.25, -0.2) is 9.38 Å². The van der Waals surface area contributed by atoms with Crippen molar-refractivity contribution < 1.29 is 4.42 Å². The topological polar surface area (TPSA) is 38.4 Å². The minimum absolute atomic E-state index is 0.111. The molecule has 1 aromatic rings. The number of aromatic nitrogens is 1. The van der Waals surface area contributed by atoms with Crippen LogP contribution in [0.1, 0.15) is 26.5 Å². The second kappa shape index (κ2) is 4.15. The summed E-state index contributed by atoms with van der Waals surface area (Å²) in [6.07, 6.45) is 3.14. The van der Waals surface area contributed by atoms with Gasteiger partial charge in [-0.15, -0.1) is 0 Å². The van der Waals surface area contributed by atoms with Crippen LogP contribution in [0, 0.1) is 0 Å². The van der Waals surface area contributed by atoms with Crippen molar-refractivity contribution in [3.8, 4) is 0 Å². The third kappa shape index (κ3) is 4.33. The van der Waals surface area contributed by atoms with Crippen molar-refractivity contribution in [1.29, 1.82) is 0 Å². The number of oxazole rings is 1. The number of rotatable bonds is 2. The fourth-order valence-electron chi connectivity index (χ4n) is 0.560. The highest BCUT2D eigenvalue weighted by Gasteiger charge is 2.09. The van der Waals surface area contributed by atoms with Gasteiger partial charge in [-0.1, -0.05) is 0 Å². The third-order valence-corrected chi connectivity index (χ3v) is 1.94. The Morgan fingerprint density at radius 1 is 1.62 bits per heavy atom. The molecule has 1 heterocycles. The van der Waals surface area contributed by atoms with Crippen molar-refractivity contribution in [3.05, 3.63) is 17.3 Å². The molecule has 0 aromatic carbocycles. The Morgan fingerprint density at radius 3 is 2.77 bits per heavy atom. The second-order valence-electron chi connectivity index (χ2n) is 3.45. The molecule has 0 spiro atoms. The molecule has 13 heavy (non-hydrogen) atoms. The number of nitrogens with zero attached hydrogens (tertiary/aromatic N) is 2. The summed E-state index contributed by atoms with van der Waals surface area (Å²) in [4.78, 5) is 3.73. The molecular formula is C8H11ClN2OS. The Kier molecular flexibility index (Phi) is 3.39. The maximum Gasteiger partial charge on any atom is 0.292 e. The second-order valence-corrected chi connectivity index (χ2v) is 5.40. The highest BCUT2D eigenvalue weighted by atomic mass is 35.5. The SMILES string of the molecule is CC(C)(C)S/N=C/c1cnc(Cl)o1. The summed E-state index contributed by atoms with van der Waals surface area (Å²) in [6, 6.07) is 0. The van der Waals surface area contributed by atoms with Gasteiger partial charge in [0, 0.05) is 4.75 Å². The molecule has 1 aromatic heterocycles. The molecule has 0 aliphatic heterocycles. The molecule has 5 heteroatoms. The fourth-order valence-corrected chi connectivity index (χ4v) is 1.17. The molecule has 0 amide bonds. The molecular weight excluding hydrogens is 208 g/mol. The van der Waals surface area contributed by atoms with E-state index in [4.69, 9.17) is 16.0 Å². The molecule has 0 atom stereocenters. The standard InChI is InChI=1S/C8H11ClN2OS/c1-8(2,3)13-11-5-6-4-10-7(9)12-6/h4-5H,1-3H3/b11-5+. The predicted molar refractivity (Wildman–Crippen MR) is 56.5 cm³/mol. The largest absolute Gasteiger partial charge is 0.427 e. The molecule has 1 rings (SSSR count). The molecule has 0 aliphatic rings. The first-order chi connectivity index (χ1) is 5.97. The lowest BCUT2D eigenvalue weighted by Crippen LogP contribution is -2.04. The van der Waals surface area contributed by atoms with Gasteiger partial charge in [0.2, 0.25) is 0 Å². The maximum atomic E-state index is 5.48. The van der Waals surface area contributed by atoms with Crippen molar-refractivity contribution in [2.24, 2.45) is 4.40 Å². The van der Waals surface area contributed by atoms with E-state index in [9.17, 15) is 0 Å². The first-order valence-corrected chi connectivity index (χ1v) is 4.95. The molecule has 0 bridgehead atoms. The van der Waals surface area contributed by atoms with Crippen LogP contribution >= 0.6 is 23.5 Å². The molecule has 0 radical (unpaired) electrons. The van der Waals surface area contributed by atoms with Crippen LogP contribution < -0.4 is 0 Å². The van der Waals surface area contributed by atoms with Gasteiger partial charge < -0.3 is 4.42 Å². The van der Waals surface area contributed by atoms with E-state index in [1.165, 1.54) is 18.1 Å². The highest BCUT2D eigenvalue weighted by molar-refractivity contribution is 7.99. The minimum Gasteiger partial charge on any atom is -0.427 e. The molecule has 0 saturated heterocycles. The van der Waals surface area contributed by atoms with Crippen LogP contribution in [0.4, 0.5) is 0 Å². The summed E-state index contributed by atoms with van der Waals surface area (Å²) in [7, 11) is 0. The van der Waals surface area contributed by atoms with Gasteiger partial charge >= 0.3 is 0 Å². The highest BCUT2D eigenvalue weighted by Crippen LogP contribution is 2.23. The predicted octanol–water partition coefficient (Wildman–Crippen LogP) is 3.19. The van der Waals surface area contributed by atoms with Crippen LogP contribution in [0.3, 0.4) is 0 Å². The summed E-state index contributed by atoms with van der Waals surface area (Å²) in [6.45, 7) is 6.26. The summed E-state index contributed by atoms with van der Waals surface area (Å²) in [5.74, 6) is 0.571. The number of hydrogen-bond donors (Lipinski definition) is 0. The number of hydrogen-bond acceptors (Lipinski definition) is 4. The van der Waals surface area contributed by atoms with Gasteiger partial charge in [0.05, 0.1) is 12.4 Å². The van der Waals surface area contributed by atoms with E-state index < -0.39 is 0 Å². The average Bonchev–Trinajstić information content (AvgIpc) is 2.33. The van der Waals surface area contributed by atoms with Gasteiger partial charge in [-0.05, 0) is 44.3 Å². The Bertz CT molecular complexity index is 303. The van der Waals surface area contributed by atoms with Gasteiger partial charge in [0.1, 0.15) is 0 Å². The molecule has 0 unspecified atom stereocenters. The van der Waals surface area contributed by atoms with E-state index in [2.05, 4.69) is 30.2 Å². The fraction of sp³-hybridized carbons (Fsp3) is 0.500. The quantitative estimate of drug-likeness (QED) is 0.565. The first-order valence-electron chi connectivity index (χ1n) is 3.80. The van der Waals surface area contributed by atoms with E-state index >= 15 is 0 Å². The van der Waals surface area contributed by atoms with Crippen LogP contribution in [0.25, 0.3) is 0 Å². The molecule has 0 saturated carbocycles. The Balaban J connectivity index is 2.50. The van der Waals surface area contributed by atoms with Gasteiger partial charge in [0.15, 0.2) is 5.76 Å².